The lowest BCUT2D eigenvalue weighted by Crippen LogP contribution is -2.52. The van der Waals surface area contributed by atoms with Gasteiger partial charge in [-0.2, -0.15) is 0 Å². The minimum Gasteiger partial charge on any atom is -0.319 e. The van der Waals surface area contributed by atoms with Crippen molar-refractivity contribution in [3.63, 3.8) is 0 Å². The van der Waals surface area contributed by atoms with Crippen molar-refractivity contribution in [3.05, 3.63) is 6.92 Å². The summed E-state index contributed by atoms with van der Waals surface area (Å²) in [5.41, 5.74) is 5.09. The van der Waals surface area contributed by atoms with E-state index in [0.29, 0.717) is 13.1 Å². The molecule has 2 N–H and O–H groups in total. The van der Waals surface area contributed by atoms with Crippen LogP contribution >= 0.6 is 0 Å². The SMILES string of the molecule is [CH2]C[N+](C)(CC)C(N)=O. The van der Waals surface area contributed by atoms with Gasteiger partial charge in [0, 0.05) is 6.92 Å². The molecular formula is C6H14N2O+. The van der Waals surface area contributed by atoms with Crippen LogP contribution in [-0.4, -0.2) is 30.7 Å². The first-order valence-electron chi connectivity index (χ1n) is 3.00. The van der Waals surface area contributed by atoms with E-state index in [9.17, 15) is 4.79 Å². The highest BCUT2D eigenvalue weighted by Gasteiger charge is 2.23. The molecule has 1 atom stereocenters. The molecule has 0 aromatic heterocycles. The Kier molecular flexibility index (Phi) is 2.65. The Morgan fingerprint density at radius 3 is 2.22 bits per heavy atom. The van der Waals surface area contributed by atoms with E-state index in [0.717, 1.165) is 0 Å². The van der Waals surface area contributed by atoms with Crippen LogP contribution in [0.2, 0.25) is 0 Å². The van der Waals surface area contributed by atoms with Crippen LogP contribution in [0.25, 0.3) is 0 Å². The maximum absolute atomic E-state index is 10.6. The molecule has 2 amide bonds. The lowest BCUT2D eigenvalue weighted by molar-refractivity contribution is -0.821. The quantitative estimate of drug-likeness (QED) is 0.539. The maximum Gasteiger partial charge on any atom is 0.413 e. The fraction of sp³-hybridized carbons (Fsp3) is 0.667. The summed E-state index contributed by atoms with van der Waals surface area (Å²) in [4.78, 5) is 10.6. The van der Waals surface area contributed by atoms with Gasteiger partial charge < -0.3 is 5.73 Å². The summed E-state index contributed by atoms with van der Waals surface area (Å²) in [5, 5.41) is 0. The molecule has 0 spiro atoms. The van der Waals surface area contributed by atoms with Gasteiger partial charge in [-0.25, -0.2) is 9.28 Å². The first-order chi connectivity index (χ1) is 4.06. The Labute approximate surface area is 56.0 Å². The predicted molar refractivity (Wildman–Crippen MR) is 36.5 cm³/mol. The molecule has 3 heteroatoms. The number of quaternary nitrogens is 1. The molecule has 1 radical (unpaired) electrons. The van der Waals surface area contributed by atoms with Crippen LogP contribution in [0.15, 0.2) is 0 Å². The van der Waals surface area contributed by atoms with Crippen molar-refractivity contribution in [2.45, 2.75) is 6.92 Å². The maximum atomic E-state index is 10.6. The van der Waals surface area contributed by atoms with E-state index in [1.165, 1.54) is 0 Å². The summed E-state index contributed by atoms with van der Waals surface area (Å²) >= 11 is 0. The summed E-state index contributed by atoms with van der Waals surface area (Å²) in [6.07, 6.45) is 0. The van der Waals surface area contributed by atoms with Crippen molar-refractivity contribution in [2.75, 3.05) is 20.1 Å². The van der Waals surface area contributed by atoms with Crippen LogP contribution in [0.1, 0.15) is 6.92 Å². The highest BCUT2D eigenvalue weighted by atomic mass is 16.2. The Balaban J connectivity index is 4.09. The van der Waals surface area contributed by atoms with Crippen molar-refractivity contribution >= 4 is 6.03 Å². The van der Waals surface area contributed by atoms with Gasteiger partial charge in [0.05, 0.1) is 20.1 Å². The average molecular weight is 130 g/mol. The molecule has 0 aliphatic carbocycles. The van der Waals surface area contributed by atoms with Gasteiger partial charge in [0.2, 0.25) is 0 Å². The summed E-state index contributed by atoms with van der Waals surface area (Å²) < 4.78 is 0.222. The van der Waals surface area contributed by atoms with Crippen LogP contribution in [0.4, 0.5) is 4.79 Å². The van der Waals surface area contributed by atoms with Gasteiger partial charge in [-0.15, -0.1) is 0 Å². The largest absolute Gasteiger partial charge is 0.413 e. The number of nitrogens with zero attached hydrogens (tertiary/aromatic N) is 1. The average Bonchev–Trinajstić information content (AvgIpc) is 1.86. The lowest BCUT2D eigenvalue weighted by Gasteiger charge is -2.25. The zero-order chi connectivity index (χ0) is 7.49. The molecule has 0 aromatic rings. The van der Waals surface area contributed by atoms with Crippen LogP contribution in [-0.2, 0) is 0 Å². The standard InChI is InChI=1S/C6H13N2O/c1-4-8(3,5-2)6(7)9/h1,4-5H2,2-3H3,(H-,7,9)/p+1. The molecule has 0 saturated heterocycles. The minimum atomic E-state index is -0.312. The third kappa shape index (κ3) is 1.68. The van der Waals surface area contributed by atoms with E-state index >= 15 is 0 Å². The number of amides is 2. The van der Waals surface area contributed by atoms with E-state index in [1.807, 2.05) is 6.92 Å². The second-order valence-corrected chi connectivity index (χ2v) is 2.27. The summed E-state index contributed by atoms with van der Waals surface area (Å²) in [6, 6.07) is -0.312. The molecule has 0 aliphatic rings. The number of carbonyl (C=O) groups excluding carboxylic acids is 1. The van der Waals surface area contributed by atoms with E-state index in [1.54, 1.807) is 7.05 Å². The van der Waals surface area contributed by atoms with Crippen molar-refractivity contribution in [1.82, 2.24) is 0 Å². The molecular weight excluding hydrogens is 116 g/mol. The normalized spacial score (nSPS) is 11.4. The van der Waals surface area contributed by atoms with Crippen LogP contribution in [0.5, 0.6) is 0 Å². The molecule has 53 valence electrons. The van der Waals surface area contributed by atoms with Gasteiger partial charge >= 0.3 is 6.03 Å². The smallest absolute Gasteiger partial charge is 0.319 e. The Morgan fingerprint density at radius 1 is 1.78 bits per heavy atom. The summed E-state index contributed by atoms with van der Waals surface area (Å²) in [6.45, 7) is 6.76. The van der Waals surface area contributed by atoms with E-state index in [4.69, 9.17) is 5.73 Å². The molecule has 0 aliphatic heterocycles. The second kappa shape index (κ2) is 2.82. The summed E-state index contributed by atoms with van der Waals surface area (Å²) in [5.74, 6) is 0. The molecule has 0 heterocycles. The predicted octanol–water partition coefficient (Wildman–Crippen LogP) is 0.366. The molecule has 0 bridgehead atoms. The number of hydrogen-bond acceptors (Lipinski definition) is 1. The Bertz CT molecular complexity index is 108. The van der Waals surface area contributed by atoms with Crippen molar-refractivity contribution in [2.24, 2.45) is 5.73 Å². The van der Waals surface area contributed by atoms with Gasteiger partial charge in [0.15, 0.2) is 0 Å². The van der Waals surface area contributed by atoms with Crippen LogP contribution < -0.4 is 5.73 Å². The molecule has 0 aromatic carbocycles. The molecule has 1 unspecified atom stereocenters. The van der Waals surface area contributed by atoms with Crippen LogP contribution in [0.3, 0.4) is 0 Å². The summed E-state index contributed by atoms with van der Waals surface area (Å²) in [7, 11) is 1.77. The highest BCUT2D eigenvalue weighted by molar-refractivity contribution is 5.64. The minimum absolute atomic E-state index is 0.222. The molecule has 9 heavy (non-hydrogen) atoms. The first kappa shape index (κ1) is 8.43. The fourth-order valence-electron chi connectivity index (χ4n) is 0.424. The van der Waals surface area contributed by atoms with Gasteiger partial charge in [-0.1, -0.05) is 0 Å². The topological polar surface area (TPSA) is 43.1 Å². The van der Waals surface area contributed by atoms with E-state index in [2.05, 4.69) is 6.92 Å². The third-order valence-electron chi connectivity index (χ3n) is 1.72. The molecule has 3 nitrogen and oxygen atoms in total. The number of primary amides is 1. The van der Waals surface area contributed by atoms with Crippen molar-refractivity contribution in [1.29, 1.82) is 0 Å². The van der Waals surface area contributed by atoms with Crippen LogP contribution in [0, 0.1) is 6.92 Å². The van der Waals surface area contributed by atoms with E-state index < -0.39 is 0 Å². The lowest BCUT2D eigenvalue weighted by atomic mass is 10.4. The van der Waals surface area contributed by atoms with E-state index in [-0.39, 0.29) is 10.5 Å². The highest BCUT2D eigenvalue weighted by Crippen LogP contribution is 1.98. The first-order valence-corrected chi connectivity index (χ1v) is 3.00. The number of urea groups is 1. The van der Waals surface area contributed by atoms with Gasteiger partial charge in [0.25, 0.3) is 0 Å². The van der Waals surface area contributed by atoms with Gasteiger partial charge in [-0.3, -0.25) is 0 Å². The van der Waals surface area contributed by atoms with Gasteiger partial charge in [-0.05, 0) is 6.92 Å². The number of rotatable bonds is 2. The third-order valence-corrected chi connectivity index (χ3v) is 1.72. The Morgan fingerprint density at radius 2 is 2.22 bits per heavy atom. The number of hydrogen-bond donors (Lipinski definition) is 1. The second-order valence-electron chi connectivity index (χ2n) is 2.27. The fourth-order valence-corrected chi connectivity index (χ4v) is 0.424. The number of carbonyl (C=O) groups is 1. The zero-order valence-electron chi connectivity index (χ0n) is 6.05. The van der Waals surface area contributed by atoms with Gasteiger partial charge in [0.1, 0.15) is 0 Å². The van der Waals surface area contributed by atoms with Crippen molar-refractivity contribution in [3.8, 4) is 0 Å². The Hall–Kier alpha value is -0.570. The zero-order valence-corrected chi connectivity index (χ0v) is 6.05. The number of nitrogens with two attached hydrogens (primary N) is 1. The molecule has 0 saturated carbocycles. The van der Waals surface area contributed by atoms with Crippen molar-refractivity contribution < 1.29 is 9.28 Å². The molecule has 0 fully saturated rings. The molecule has 0 rings (SSSR count). The monoisotopic (exact) mass is 130 g/mol.